The van der Waals surface area contributed by atoms with Crippen LogP contribution in [0.25, 0.3) is 22.0 Å². The predicted molar refractivity (Wildman–Crippen MR) is 145 cm³/mol. The number of aromatic nitrogens is 1. The zero-order valence-electron chi connectivity index (χ0n) is 19.6. The van der Waals surface area contributed by atoms with Crippen LogP contribution in [0, 0.1) is 6.07 Å². The Morgan fingerprint density at radius 1 is 0.838 bits per heavy atom. The summed E-state index contributed by atoms with van der Waals surface area (Å²) in [6, 6.07) is 35.8. The molecule has 0 saturated carbocycles. The molecule has 0 radical (unpaired) electrons. The van der Waals surface area contributed by atoms with Gasteiger partial charge in [-0.2, -0.15) is 0 Å². The topological polar surface area (TPSA) is 54.7 Å². The van der Waals surface area contributed by atoms with E-state index < -0.39 is 0 Å². The van der Waals surface area contributed by atoms with Crippen LogP contribution in [0.15, 0.2) is 102 Å². The molecule has 2 atom stereocenters. The average molecular weight is 681 g/mol. The first-order valence-electron chi connectivity index (χ1n) is 11.9. The van der Waals surface area contributed by atoms with Crippen LogP contribution in [0.3, 0.4) is 0 Å². The summed E-state index contributed by atoms with van der Waals surface area (Å²) in [5.74, 6) is 1.11. The molecule has 0 saturated heterocycles. The van der Waals surface area contributed by atoms with Crippen LogP contribution in [0.2, 0.25) is 0 Å². The molecule has 1 aliphatic carbocycles. The van der Waals surface area contributed by atoms with Gasteiger partial charge in [0, 0.05) is 48.6 Å². The zero-order chi connectivity index (χ0) is 24.1. The van der Waals surface area contributed by atoms with Crippen molar-refractivity contribution in [3.63, 3.8) is 0 Å². The van der Waals surface area contributed by atoms with E-state index in [1.54, 1.807) is 18.2 Å². The van der Waals surface area contributed by atoms with Crippen LogP contribution in [-0.4, -0.2) is 21.2 Å². The second-order valence-electron chi connectivity index (χ2n) is 9.02. The summed E-state index contributed by atoms with van der Waals surface area (Å²) in [5, 5.41) is 12.3. The average Bonchev–Trinajstić information content (AvgIpc) is 3.28. The summed E-state index contributed by atoms with van der Waals surface area (Å²) >= 11 is 1.81. The van der Waals surface area contributed by atoms with Gasteiger partial charge in [0.15, 0.2) is 0 Å². The Morgan fingerprint density at radius 2 is 1.65 bits per heavy atom. The molecule has 2 aliphatic rings. The van der Waals surface area contributed by atoms with Gasteiger partial charge in [0.25, 0.3) is 0 Å². The molecule has 0 fully saturated rings. The molecule has 0 amide bonds. The van der Waals surface area contributed by atoms with E-state index in [2.05, 4.69) is 59.6 Å². The van der Waals surface area contributed by atoms with Gasteiger partial charge in [-0.25, -0.2) is 4.98 Å². The molecule has 6 heteroatoms. The molecule has 4 nitrogen and oxygen atoms in total. The van der Waals surface area contributed by atoms with Gasteiger partial charge in [-0.3, -0.25) is 0 Å². The Morgan fingerprint density at radius 3 is 2.57 bits per heavy atom. The van der Waals surface area contributed by atoms with Gasteiger partial charge in [0.05, 0.1) is 6.04 Å². The van der Waals surface area contributed by atoms with Crippen LogP contribution < -0.4 is 4.74 Å². The van der Waals surface area contributed by atoms with Gasteiger partial charge in [-0.1, -0.05) is 66.7 Å². The van der Waals surface area contributed by atoms with Gasteiger partial charge < -0.3 is 14.8 Å². The Bertz CT molecular complexity index is 1670. The molecule has 37 heavy (non-hydrogen) atoms. The number of pyridine rings is 1. The summed E-state index contributed by atoms with van der Waals surface area (Å²) in [6.45, 7) is 0. The van der Waals surface area contributed by atoms with Crippen molar-refractivity contribution >= 4 is 27.7 Å². The fraction of sp³-hybridized carbons (Fsp3) is 0.0968. The van der Waals surface area contributed by atoms with Crippen LogP contribution in [0.5, 0.6) is 17.4 Å². The predicted octanol–water partition coefficient (Wildman–Crippen LogP) is 7.36. The summed E-state index contributed by atoms with van der Waals surface area (Å²) in [4.78, 5) is 9.67. The molecule has 2 heterocycles. The van der Waals surface area contributed by atoms with Crippen molar-refractivity contribution < 1.29 is 30.9 Å². The standard InChI is InChI=1S/C31H21N2O2S.Pt/c34-27-14-6-8-19-15-16-28(33-29(19)27)35-22-10-5-9-21(17-22)31-32-26-18-20-7-1-2-11-23(20)24-12-3-4-13-25(24)30(26)36-31;/h1-16,26,30,34H,18H2;/q-1;/t26-,30-;/m0./s1. The summed E-state index contributed by atoms with van der Waals surface area (Å²) < 4.78 is 6.04. The number of benzene rings is 4. The molecule has 7 rings (SSSR count). The zero-order valence-corrected chi connectivity index (χ0v) is 22.7. The third kappa shape index (κ3) is 4.37. The Kier molecular flexibility index (Phi) is 6.35. The number of ether oxygens (including phenoxy) is 1. The molecular weight excluding hydrogens is 659 g/mol. The summed E-state index contributed by atoms with van der Waals surface area (Å²) in [6.07, 6.45) is 0.909. The van der Waals surface area contributed by atoms with Crippen molar-refractivity contribution in [1.82, 2.24) is 4.98 Å². The van der Waals surface area contributed by atoms with Crippen molar-refractivity contribution in [3.05, 3.63) is 120 Å². The maximum absolute atomic E-state index is 10.2. The van der Waals surface area contributed by atoms with Crippen LogP contribution >= 0.6 is 11.8 Å². The molecule has 0 unspecified atom stereocenters. The number of thioether (sulfide) groups is 1. The van der Waals surface area contributed by atoms with E-state index in [0.717, 1.165) is 22.4 Å². The van der Waals surface area contributed by atoms with E-state index in [-0.39, 0.29) is 38.1 Å². The maximum Gasteiger partial charge on any atom is 0.217 e. The molecule has 1 aromatic heterocycles. The molecule has 1 N–H and O–H groups in total. The van der Waals surface area contributed by atoms with Crippen LogP contribution in [-0.2, 0) is 27.5 Å². The third-order valence-corrected chi connectivity index (χ3v) is 8.13. The Balaban J connectivity index is 0.00000252. The number of rotatable bonds is 3. The van der Waals surface area contributed by atoms with Gasteiger partial charge in [-0.15, -0.1) is 35.5 Å². The first-order valence-corrected chi connectivity index (χ1v) is 12.8. The van der Waals surface area contributed by atoms with E-state index in [1.165, 1.54) is 22.3 Å². The van der Waals surface area contributed by atoms with Crippen LogP contribution in [0.4, 0.5) is 0 Å². The minimum Gasteiger partial charge on any atom is -0.506 e. The van der Waals surface area contributed by atoms with E-state index in [9.17, 15) is 5.11 Å². The Labute approximate surface area is 233 Å². The maximum atomic E-state index is 10.2. The van der Waals surface area contributed by atoms with Crippen molar-refractivity contribution in [1.29, 1.82) is 0 Å². The molecule has 1 aliphatic heterocycles. The molecule has 184 valence electrons. The number of aliphatic imine (C=N–C) groups is 1. The number of para-hydroxylation sites is 1. The fourth-order valence-corrected chi connectivity index (χ4v) is 6.43. The normalized spacial score (nSPS) is 17.6. The largest absolute Gasteiger partial charge is 0.506 e. The number of hydrogen-bond acceptors (Lipinski definition) is 5. The van der Waals surface area contributed by atoms with E-state index in [4.69, 9.17) is 9.73 Å². The number of hydrogen-bond donors (Lipinski definition) is 1. The fourth-order valence-electron chi connectivity index (χ4n) is 5.10. The van der Waals surface area contributed by atoms with E-state index in [0.29, 0.717) is 17.1 Å². The quantitative estimate of drug-likeness (QED) is 0.203. The molecule has 4 aromatic carbocycles. The summed E-state index contributed by atoms with van der Waals surface area (Å²) in [5.41, 5.74) is 6.73. The van der Waals surface area contributed by atoms with E-state index >= 15 is 0 Å². The molecule has 0 bridgehead atoms. The van der Waals surface area contributed by atoms with Gasteiger partial charge in [-0.05, 0) is 40.8 Å². The van der Waals surface area contributed by atoms with Crippen LogP contribution in [0.1, 0.15) is 21.9 Å². The second-order valence-corrected chi connectivity index (χ2v) is 10.1. The van der Waals surface area contributed by atoms with Crippen molar-refractivity contribution in [2.45, 2.75) is 17.7 Å². The van der Waals surface area contributed by atoms with E-state index in [1.807, 2.05) is 42.1 Å². The van der Waals surface area contributed by atoms with Gasteiger partial charge in [0.2, 0.25) is 5.88 Å². The number of aromatic hydroxyl groups is 1. The number of fused-ring (bicyclic) bond motifs is 6. The smallest absolute Gasteiger partial charge is 0.217 e. The van der Waals surface area contributed by atoms with Crippen molar-refractivity contribution in [2.24, 2.45) is 4.99 Å². The molecular formula is C31H21N2O2PtS-. The first kappa shape index (κ1) is 24.0. The Hall–Kier alpha value is -3.40. The van der Waals surface area contributed by atoms with Crippen molar-refractivity contribution in [3.8, 4) is 28.5 Å². The third-order valence-electron chi connectivity index (χ3n) is 6.76. The second kappa shape index (κ2) is 9.81. The summed E-state index contributed by atoms with van der Waals surface area (Å²) in [7, 11) is 0. The molecule has 0 spiro atoms. The minimum absolute atomic E-state index is 0. The molecule has 5 aromatic rings. The number of phenols is 1. The number of nitrogens with zero attached hydrogens (tertiary/aromatic N) is 2. The number of phenolic OH excluding ortho intramolecular Hbond substituents is 1. The van der Waals surface area contributed by atoms with Gasteiger partial charge >= 0.3 is 0 Å². The minimum atomic E-state index is 0. The SMILES string of the molecule is Oc1cccc2ccc(Oc3[c-]c(C4=N[C@H]5Cc6ccccc6-c6ccccc6[C@@H]5S4)ccc3)nc12.[Pt]. The monoisotopic (exact) mass is 680 g/mol. The first-order chi connectivity index (χ1) is 17.7. The van der Waals surface area contributed by atoms with Gasteiger partial charge in [0.1, 0.15) is 11.3 Å². The van der Waals surface area contributed by atoms with Crippen molar-refractivity contribution in [2.75, 3.05) is 0 Å².